The summed E-state index contributed by atoms with van der Waals surface area (Å²) >= 11 is 0. The van der Waals surface area contributed by atoms with E-state index in [0.717, 1.165) is 6.54 Å². The smallest absolute Gasteiger partial charge is 0.171 e. The van der Waals surface area contributed by atoms with Gasteiger partial charge in [-0.05, 0) is 26.2 Å². The zero-order valence-electron chi connectivity index (χ0n) is 11.2. The number of Topliss-reactive ketones (excluding diaryl/α,β-unsaturated/α-hetero) is 1. The molecule has 1 aromatic rings. The second-order valence-corrected chi connectivity index (χ2v) is 4.02. The van der Waals surface area contributed by atoms with E-state index in [4.69, 9.17) is 9.47 Å². The molecule has 18 heavy (non-hydrogen) atoms. The number of hydrogen-bond acceptors (Lipinski definition) is 4. The molecular formula is C13H20ClNO3. The number of nitrogens with zero attached hydrogens (tertiary/aromatic N) is 1. The summed E-state index contributed by atoms with van der Waals surface area (Å²) in [4.78, 5) is 14.0. The van der Waals surface area contributed by atoms with Gasteiger partial charge in [0.05, 0.1) is 19.8 Å². The standard InChI is InChI=1S/C13H19NO3.ClH/c1-14(2)9-8-11(15)10-6-5-7-12(16-3)13(10)17-4;/h5-7H,8-9H2,1-4H3;1H. The summed E-state index contributed by atoms with van der Waals surface area (Å²) in [5.41, 5.74) is 0.578. The Morgan fingerprint density at radius 1 is 1.22 bits per heavy atom. The Balaban J connectivity index is 0.00000289. The fourth-order valence-corrected chi connectivity index (χ4v) is 1.57. The molecule has 0 fully saturated rings. The van der Waals surface area contributed by atoms with Gasteiger partial charge in [-0.3, -0.25) is 4.79 Å². The number of halogens is 1. The van der Waals surface area contributed by atoms with Gasteiger partial charge in [-0.2, -0.15) is 0 Å². The average Bonchev–Trinajstić information content (AvgIpc) is 2.34. The highest BCUT2D eigenvalue weighted by molar-refractivity contribution is 5.99. The Morgan fingerprint density at radius 2 is 1.89 bits per heavy atom. The fraction of sp³-hybridized carbons (Fsp3) is 0.462. The molecule has 0 atom stereocenters. The van der Waals surface area contributed by atoms with Gasteiger partial charge >= 0.3 is 0 Å². The van der Waals surface area contributed by atoms with Gasteiger partial charge in [0, 0.05) is 13.0 Å². The molecule has 1 rings (SSSR count). The van der Waals surface area contributed by atoms with E-state index < -0.39 is 0 Å². The van der Waals surface area contributed by atoms with Crippen LogP contribution in [0.25, 0.3) is 0 Å². The van der Waals surface area contributed by atoms with Crippen LogP contribution in [0, 0.1) is 0 Å². The van der Waals surface area contributed by atoms with Crippen molar-refractivity contribution in [1.29, 1.82) is 0 Å². The quantitative estimate of drug-likeness (QED) is 0.746. The minimum atomic E-state index is 0. The van der Waals surface area contributed by atoms with Crippen LogP contribution in [0.1, 0.15) is 16.8 Å². The summed E-state index contributed by atoms with van der Waals surface area (Å²) in [6.07, 6.45) is 0.469. The van der Waals surface area contributed by atoms with Crippen molar-refractivity contribution < 1.29 is 14.3 Å². The lowest BCUT2D eigenvalue weighted by Gasteiger charge is -2.13. The first kappa shape index (κ1) is 16.7. The number of para-hydroxylation sites is 1. The lowest BCUT2D eigenvalue weighted by molar-refractivity contribution is 0.0969. The normalized spacial score (nSPS) is 9.83. The number of carbonyl (C=O) groups excluding carboxylic acids is 1. The Kier molecular flexibility index (Phi) is 7.39. The number of carbonyl (C=O) groups is 1. The van der Waals surface area contributed by atoms with Crippen LogP contribution in [0.5, 0.6) is 11.5 Å². The minimum absolute atomic E-state index is 0. The molecule has 0 saturated heterocycles. The molecular weight excluding hydrogens is 254 g/mol. The zero-order chi connectivity index (χ0) is 12.8. The Bertz CT molecular complexity index is 394. The third kappa shape index (κ3) is 4.20. The minimum Gasteiger partial charge on any atom is -0.493 e. The van der Waals surface area contributed by atoms with Crippen LogP contribution >= 0.6 is 12.4 Å². The topological polar surface area (TPSA) is 38.8 Å². The maximum Gasteiger partial charge on any atom is 0.171 e. The Labute approximate surface area is 114 Å². The first-order valence-electron chi connectivity index (χ1n) is 5.49. The largest absolute Gasteiger partial charge is 0.493 e. The van der Waals surface area contributed by atoms with E-state index in [2.05, 4.69) is 0 Å². The molecule has 0 aliphatic rings. The zero-order valence-corrected chi connectivity index (χ0v) is 12.0. The van der Waals surface area contributed by atoms with E-state index in [1.807, 2.05) is 19.0 Å². The summed E-state index contributed by atoms with van der Waals surface area (Å²) in [5.74, 6) is 1.16. The van der Waals surface area contributed by atoms with Crippen molar-refractivity contribution in [2.24, 2.45) is 0 Å². The molecule has 102 valence electrons. The molecule has 0 saturated carbocycles. The van der Waals surface area contributed by atoms with Crippen molar-refractivity contribution in [1.82, 2.24) is 4.90 Å². The van der Waals surface area contributed by atoms with Crippen molar-refractivity contribution in [3.63, 3.8) is 0 Å². The van der Waals surface area contributed by atoms with Gasteiger partial charge in [-0.15, -0.1) is 12.4 Å². The predicted octanol–water partition coefficient (Wildman–Crippen LogP) is 2.26. The van der Waals surface area contributed by atoms with Crippen molar-refractivity contribution in [3.05, 3.63) is 23.8 Å². The maximum atomic E-state index is 12.0. The number of ketones is 1. The second-order valence-electron chi connectivity index (χ2n) is 4.02. The summed E-state index contributed by atoms with van der Waals surface area (Å²) in [5, 5.41) is 0. The van der Waals surface area contributed by atoms with Gasteiger partial charge in [0.1, 0.15) is 0 Å². The van der Waals surface area contributed by atoms with Crippen molar-refractivity contribution in [2.75, 3.05) is 34.9 Å². The maximum absolute atomic E-state index is 12.0. The summed E-state index contributed by atoms with van der Waals surface area (Å²) < 4.78 is 10.4. The second kappa shape index (κ2) is 7.95. The van der Waals surface area contributed by atoms with E-state index >= 15 is 0 Å². The van der Waals surface area contributed by atoms with Crippen LogP contribution < -0.4 is 9.47 Å². The van der Waals surface area contributed by atoms with E-state index in [1.54, 1.807) is 32.4 Å². The highest BCUT2D eigenvalue weighted by Gasteiger charge is 2.15. The highest BCUT2D eigenvalue weighted by Crippen LogP contribution is 2.31. The van der Waals surface area contributed by atoms with E-state index in [9.17, 15) is 4.79 Å². The molecule has 0 aromatic heterocycles. The number of ether oxygens (including phenoxy) is 2. The Hall–Kier alpha value is -1.26. The van der Waals surface area contributed by atoms with Crippen LogP contribution in [-0.2, 0) is 0 Å². The molecule has 0 bridgehead atoms. The predicted molar refractivity (Wildman–Crippen MR) is 74.3 cm³/mol. The van der Waals surface area contributed by atoms with Gasteiger partial charge < -0.3 is 14.4 Å². The molecule has 4 nitrogen and oxygen atoms in total. The molecule has 0 N–H and O–H groups in total. The summed E-state index contributed by atoms with van der Waals surface area (Å²) in [6, 6.07) is 5.34. The van der Waals surface area contributed by atoms with Crippen LogP contribution in [0.15, 0.2) is 18.2 Å². The monoisotopic (exact) mass is 273 g/mol. The fourth-order valence-electron chi connectivity index (χ4n) is 1.57. The third-order valence-electron chi connectivity index (χ3n) is 2.49. The number of hydrogen-bond donors (Lipinski definition) is 0. The van der Waals surface area contributed by atoms with Crippen molar-refractivity contribution in [2.45, 2.75) is 6.42 Å². The summed E-state index contributed by atoms with van der Waals surface area (Å²) in [6.45, 7) is 0.721. The lowest BCUT2D eigenvalue weighted by Crippen LogP contribution is -2.17. The van der Waals surface area contributed by atoms with Gasteiger partial charge in [-0.25, -0.2) is 0 Å². The van der Waals surface area contributed by atoms with E-state index in [1.165, 1.54) is 0 Å². The van der Waals surface area contributed by atoms with Gasteiger partial charge in [0.25, 0.3) is 0 Å². The van der Waals surface area contributed by atoms with Crippen molar-refractivity contribution in [3.8, 4) is 11.5 Å². The van der Waals surface area contributed by atoms with Gasteiger partial charge in [0.15, 0.2) is 17.3 Å². The molecule has 1 aromatic carbocycles. The van der Waals surface area contributed by atoms with Crippen LogP contribution in [0.4, 0.5) is 0 Å². The first-order valence-corrected chi connectivity index (χ1v) is 5.49. The number of rotatable bonds is 6. The number of benzene rings is 1. The SMILES string of the molecule is COc1cccc(C(=O)CCN(C)C)c1OC.Cl. The van der Waals surface area contributed by atoms with Crippen LogP contribution in [0.3, 0.4) is 0 Å². The molecule has 0 unspecified atom stereocenters. The Morgan fingerprint density at radius 3 is 2.39 bits per heavy atom. The van der Waals surface area contributed by atoms with E-state index in [0.29, 0.717) is 23.5 Å². The molecule has 0 amide bonds. The molecule has 0 heterocycles. The van der Waals surface area contributed by atoms with Crippen LogP contribution in [0.2, 0.25) is 0 Å². The van der Waals surface area contributed by atoms with Crippen molar-refractivity contribution >= 4 is 18.2 Å². The van der Waals surface area contributed by atoms with Gasteiger partial charge in [-0.1, -0.05) is 6.07 Å². The first-order chi connectivity index (χ1) is 8.10. The highest BCUT2D eigenvalue weighted by atomic mass is 35.5. The van der Waals surface area contributed by atoms with E-state index in [-0.39, 0.29) is 18.2 Å². The van der Waals surface area contributed by atoms with Crippen LogP contribution in [-0.4, -0.2) is 45.5 Å². The summed E-state index contributed by atoms with van der Waals surface area (Å²) in [7, 11) is 6.98. The number of methoxy groups -OCH3 is 2. The third-order valence-corrected chi connectivity index (χ3v) is 2.49. The van der Waals surface area contributed by atoms with Gasteiger partial charge in [0.2, 0.25) is 0 Å². The molecule has 0 radical (unpaired) electrons. The molecule has 0 spiro atoms. The molecule has 5 heteroatoms. The molecule has 0 aliphatic carbocycles. The molecule has 0 aliphatic heterocycles. The average molecular weight is 274 g/mol. The lowest BCUT2D eigenvalue weighted by atomic mass is 10.1.